The number of carbonyl (C=O) groups is 1. The summed E-state index contributed by atoms with van der Waals surface area (Å²) >= 11 is 0. The Balaban J connectivity index is 2.19. The highest BCUT2D eigenvalue weighted by molar-refractivity contribution is 5.97. The van der Waals surface area contributed by atoms with Crippen LogP contribution in [0, 0.1) is 0 Å². The molecule has 0 spiro atoms. The Morgan fingerprint density at radius 2 is 1.65 bits per heavy atom. The van der Waals surface area contributed by atoms with E-state index in [2.05, 4.69) is 24.3 Å². The average Bonchev–Trinajstić information content (AvgIpc) is 2.94. The van der Waals surface area contributed by atoms with Crippen LogP contribution in [0.25, 0.3) is 22.6 Å². The number of amides is 1. The van der Waals surface area contributed by atoms with Gasteiger partial charge < -0.3 is 4.90 Å². The maximum atomic E-state index is 12.7. The van der Waals surface area contributed by atoms with Crippen LogP contribution in [0.5, 0.6) is 0 Å². The molecule has 2 aromatic carbocycles. The van der Waals surface area contributed by atoms with E-state index in [1.54, 1.807) is 23.6 Å². The highest BCUT2D eigenvalue weighted by atomic mass is 16.2. The number of carbonyl (C=O) groups excluding carboxylic acids is 1. The molecule has 116 valence electrons. The molecule has 1 heterocycles. The fourth-order valence-electron chi connectivity index (χ4n) is 2.72. The minimum Gasteiger partial charge on any atom is -0.330 e. The Kier molecular flexibility index (Phi) is 4.02. The number of benzene rings is 2. The van der Waals surface area contributed by atoms with E-state index in [0.29, 0.717) is 0 Å². The first-order valence-corrected chi connectivity index (χ1v) is 7.64. The fourth-order valence-corrected chi connectivity index (χ4v) is 2.72. The number of allylic oxidation sites excluding steroid dienone is 1. The largest absolute Gasteiger partial charge is 0.330 e. The quantitative estimate of drug-likeness (QED) is 0.672. The number of hydrogen-bond donors (Lipinski definition) is 0. The van der Waals surface area contributed by atoms with Crippen LogP contribution in [-0.2, 0) is 0 Å². The van der Waals surface area contributed by atoms with Gasteiger partial charge in [-0.25, -0.2) is 4.79 Å². The number of para-hydroxylation sites is 1. The van der Waals surface area contributed by atoms with E-state index < -0.39 is 0 Å². The highest BCUT2D eigenvalue weighted by Crippen LogP contribution is 2.26. The monoisotopic (exact) mass is 304 g/mol. The molecule has 0 radical (unpaired) electrons. The normalized spacial score (nSPS) is 11.7. The van der Waals surface area contributed by atoms with Crippen LogP contribution < -0.4 is 0 Å². The van der Waals surface area contributed by atoms with E-state index in [9.17, 15) is 4.79 Å². The summed E-state index contributed by atoms with van der Waals surface area (Å²) in [6, 6.07) is 20.2. The van der Waals surface area contributed by atoms with Crippen molar-refractivity contribution in [1.82, 2.24) is 9.47 Å². The van der Waals surface area contributed by atoms with Gasteiger partial charge in [0.15, 0.2) is 0 Å². The second-order valence-electron chi connectivity index (χ2n) is 5.84. The third-order valence-corrected chi connectivity index (χ3v) is 3.87. The molecular formula is C20H20N2O. The van der Waals surface area contributed by atoms with Crippen molar-refractivity contribution >= 4 is 28.6 Å². The number of rotatable bonds is 2. The molecule has 0 saturated heterocycles. The Morgan fingerprint density at radius 3 is 2.35 bits per heavy atom. The highest BCUT2D eigenvalue weighted by Gasteiger charge is 2.17. The summed E-state index contributed by atoms with van der Waals surface area (Å²) < 4.78 is 1.78. The molecule has 3 nitrogen and oxygen atoms in total. The summed E-state index contributed by atoms with van der Waals surface area (Å²) in [7, 11) is 3.55. The maximum Gasteiger partial charge on any atom is 0.328 e. The van der Waals surface area contributed by atoms with Crippen molar-refractivity contribution in [2.45, 2.75) is 6.92 Å². The molecular weight excluding hydrogens is 284 g/mol. The lowest BCUT2D eigenvalue weighted by Gasteiger charge is -2.15. The topological polar surface area (TPSA) is 25.2 Å². The van der Waals surface area contributed by atoms with Gasteiger partial charge in [-0.05, 0) is 36.3 Å². The van der Waals surface area contributed by atoms with Gasteiger partial charge in [0.25, 0.3) is 0 Å². The van der Waals surface area contributed by atoms with Crippen LogP contribution in [0.2, 0.25) is 0 Å². The molecule has 1 amide bonds. The van der Waals surface area contributed by atoms with Crippen LogP contribution >= 0.6 is 0 Å². The fraction of sp³-hybridized carbons (Fsp3) is 0.150. The molecule has 0 atom stereocenters. The van der Waals surface area contributed by atoms with E-state index in [-0.39, 0.29) is 6.03 Å². The Morgan fingerprint density at radius 1 is 1.00 bits per heavy atom. The zero-order chi connectivity index (χ0) is 16.4. The third-order valence-electron chi connectivity index (χ3n) is 3.87. The minimum atomic E-state index is -0.0398. The molecule has 0 aliphatic heterocycles. The van der Waals surface area contributed by atoms with Gasteiger partial charge in [0.1, 0.15) is 0 Å². The smallest absolute Gasteiger partial charge is 0.328 e. The van der Waals surface area contributed by atoms with Crippen LogP contribution in [0.3, 0.4) is 0 Å². The first-order chi connectivity index (χ1) is 11.1. The summed E-state index contributed by atoms with van der Waals surface area (Å²) in [6.07, 6.45) is 2.10. The van der Waals surface area contributed by atoms with Crippen LogP contribution in [0.1, 0.15) is 18.2 Å². The molecule has 0 aliphatic carbocycles. The van der Waals surface area contributed by atoms with Crippen LogP contribution in [0.4, 0.5) is 4.79 Å². The molecule has 0 unspecified atom stereocenters. The molecule has 3 rings (SSSR count). The minimum absolute atomic E-state index is 0.0398. The van der Waals surface area contributed by atoms with Gasteiger partial charge in [0.2, 0.25) is 0 Å². The molecule has 23 heavy (non-hydrogen) atoms. The molecule has 0 bridgehead atoms. The summed E-state index contributed by atoms with van der Waals surface area (Å²) in [6.45, 7) is 2.04. The predicted molar refractivity (Wildman–Crippen MR) is 96.4 cm³/mol. The predicted octanol–water partition coefficient (Wildman–Crippen LogP) is 4.73. The lowest BCUT2D eigenvalue weighted by atomic mass is 10.1. The zero-order valence-corrected chi connectivity index (χ0v) is 13.7. The van der Waals surface area contributed by atoms with Gasteiger partial charge in [0.05, 0.1) is 11.2 Å². The second kappa shape index (κ2) is 6.13. The number of nitrogens with zero attached hydrogens (tertiary/aromatic N) is 2. The first kappa shape index (κ1) is 15.1. The van der Waals surface area contributed by atoms with Gasteiger partial charge in [0, 0.05) is 19.5 Å². The Labute approximate surface area is 136 Å². The van der Waals surface area contributed by atoms with Gasteiger partial charge in [-0.15, -0.1) is 0 Å². The van der Waals surface area contributed by atoms with Crippen molar-refractivity contribution in [3.05, 3.63) is 71.9 Å². The van der Waals surface area contributed by atoms with Crippen molar-refractivity contribution in [3.63, 3.8) is 0 Å². The van der Waals surface area contributed by atoms with Gasteiger partial charge in [-0.2, -0.15) is 0 Å². The summed E-state index contributed by atoms with van der Waals surface area (Å²) in [5.74, 6) is 0. The summed E-state index contributed by atoms with van der Waals surface area (Å²) in [5, 5.41) is 1.07. The van der Waals surface area contributed by atoms with Crippen molar-refractivity contribution < 1.29 is 4.79 Å². The number of aromatic nitrogens is 1. The average molecular weight is 304 g/mol. The van der Waals surface area contributed by atoms with Crippen molar-refractivity contribution in [1.29, 1.82) is 0 Å². The van der Waals surface area contributed by atoms with E-state index in [0.717, 1.165) is 27.7 Å². The third kappa shape index (κ3) is 2.90. The molecule has 0 N–H and O–H groups in total. The SMILES string of the molecule is C/C(=C\c1ccccc1)c1cc2ccccc2n1C(=O)N(C)C. The zero-order valence-electron chi connectivity index (χ0n) is 13.7. The molecule has 1 aromatic heterocycles. The van der Waals surface area contributed by atoms with E-state index >= 15 is 0 Å². The summed E-state index contributed by atoms with van der Waals surface area (Å²) in [4.78, 5) is 14.3. The molecule has 0 aliphatic rings. The van der Waals surface area contributed by atoms with Gasteiger partial charge in [-0.1, -0.05) is 48.5 Å². The standard InChI is InChI=1S/C20H20N2O/c1-15(13-16-9-5-4-6-10-16)19-14-17-11-7-8-12-18(17)22(19)20(23)21(2)3/h4-14H,1-3H3/b15-13+. The molecule has 0 fully saturated rings. The second-order valence-corrected chi connectivity index (χ2v) is 5.84. The van der Waals surface area contributed by atoms with E-state index in [4.69, 9.17) is 0 Å². The van der Waals surface area contributed by atoms with Crippen LogP contribution in [-0.4, -0.2) is 29.6 Å². The Hall–Kier alpha value is -2.81. The van der Waals surface area contributed by atoms with Crippen molar-refractivity contribution in [2.24, 2.45) is 0 Å². The van der Waals surface area contributed by atoms with Gasteiger partial charge >= 0.3 is 6.03 Å². The van der Waals surface area contributed by atoms with E-state index in [1.807, 2.05) is 49.4 Å². The number of fused-ring (bicyclic) bond motifs is 1. The molecule has 0 saturated carbocycles. The van der Waals surface area contributed by atoms with Gasteiger partial charge in [-0.3, -0.25) is 4.57 Å². The van der Waals surface area contributed by atoms with Crippen molar-refractivity contribution in [2.75, 3.05) is 14.1 Å². The van der Waals surface area contributed by atoms with Crippen LogP contribution in [0.15, 0.2) is 60.7 Å². The number of hydrogen-bond acceptors (Lipinski definition) is 1. The first-order valence-electron chi connectivity index (χ1n) is 7.64. The van der Waals surface area contributed by atoms with E-state index in [1.165, 1.54) is 0 Å². The van der Waals surface area contributed by atoms with Crippen molar-refractivity contribution in [3.8, 4) is 0 Å². The maximum absolute atomic E-state index is 12.7. The lowest BCUT2D eigenvalue weighted by molar-refractivity contribution is 0.220. The lowest BCUT2D eigenvalue weighted by Crippen LogP contribution is -2.28. The molecule has 3 aromatic rings. The summed E-state index contributed by atoms with van der Waals surface area (Å²) in [5.41, 5.74) is 4.04. The Bertz CT molecular complexity index is 873. The molecule has 3 heteroatoms.